The summed E-state index contributed by atoms with van der Waals surface area (Å²) < 4.78 is 24.1. The fourth-order valence-electron chi connectivity index (χ4n) is 5.91. The van der Waals surface area contributed by atoms with E-state index in [1.165, 1.54) is 23.0 Å². The Labute approximate surface area is 263 Å². The van der Waals surface area contributed by atoms with E-state index in [0.717, 1.165) is 12.8 Å². The van der Waals surface area contributed by atoms with Crippen LogP contribution in [0.15, 0.2) is 28.0 Å². The molecule has 2 amide bonds. The number of aromatic nitrogens is 2. The van der Waals surface area contributed by atoms with E-state index >= 15 is 0 Å². The van der Waals surface area contributed by atoms with Crippen LogP contribution in [0.2, 0.25) is 5.02 Å². The summed E-state index contributed by atoms with van der Waals surface area (Å²) in [7, 11) is 0. The Kier molecular flexibility index (Phi) is 9.46. The Bertz CT molecular complexity index is 1650. The van der Waals surface area contributed by atoms with Crippen molar-refractivity contribution in [1.82, 2.24) is 18.9 Å². The van der Waals surface area contributed by atoms with Gasteiger partial charge in [-0.2, -0.15) is 0 Å². The van der Waals surface area contributed by atoms with Crippen molar-refractivity contribution in [1.29, 1.82) is 0 Å². The quantitative estimate of drug-likeness (QED) is 0.450. The van der Waals surface area contributed by atoms with Crippen molar-refractivity contribution in [3.05, 3.63) is 66.4 Å². The first-order valence-electron chi connectivity index (χ1n) is 14.9. The van der Waals surface area contributed by atoms with Crippen molar-refractivity contribution in [2.45, 2.75) is 78.2 Å². The minimum absolute atomic E-state index is 0.00546. The summed E-state index contributed by atoms with van der Waals surface area (Å²) in [5.74, 6) is -2.01. The molecule has 242 valence electrons. The highest BCUT2D eigenvalue weighted by Crippen LogP contribution is 2.29. The van der Waals surface area contributed by atoms with Crippen molar-refractivity contribution in [3.8, 4) is 0 Å². The fraction of sp³-hybridized carbons (Fsp3) is 0.533. The van der Waals surface area contributed by atoms with Gasteiger partial charge in [0.25, 0.3) is 11.8 Å². The van der Waals surface area contributed by atoms with Crippen LogP contribution in [-0.4, -0.2) is 93.7 Å². The lowest BCUT2D eigenvalue weighted by Gasteiger charge is -2.44. The molecule has 2 aromatic heterocycles. The molecule has 0 N–H and O–H groups in total. The average Bonchev–Trinajstić information content (AvgIpc) is 2.99. The molecule has 4 atom stereocenters. The third-order valence-electron chi connectivity index (χ3n) is 8.20. The van der Waals surface area contributed by atoms with Crippen molar-refractivity contribution < 1.29 is 38.1 Å². The molecule has 0 bridgehead atoms. The van der Waals surface area contributed by atoms with E-state index in [1.807, 2.05) is 13.8 Å². The van der Waals surface area contributed by atoms with E-state index in [-0.39, 0.29) is 70.9 Å². The number of fused-ring (bicyclic) bond motifs is 4. The molecular formula is C30H35ClN4O10. The second-order valence-electron chi connectivity index (χ2n) is 11.1. The van der Waals surface area contributed by atoms with Crippen molar-refractivity contribution in [3.63, 3.8) is 0 Å². The molecule has 6 heterocycles. The Balaban J connectivity index is 0.000000178. The summed E-state index contributed by atoms with van der Waals surface area (Å²) in [6.07, 6.45) is 3.44. The van der Waals surface area contributed by atoms with Crippen LogP contribution >= 0.6 is 11.6 Å². The van der Waals surface area contributed by atoms with Crippen LogP contribution < -0.4 is 10.9 Å². The van der Waals surface area contributed by atoms with E-state index < -0.39 is 29.0 Å². The number of hydrogen-bond donors (Lipinski definition) is 0. The standard InChI is InChI=1S/C15H17ClN2O5.C15H18N2O5/c1-3-22-15(21)9-6-17-7-10-18(8(2)4-5-23-10)14(20)12(17)11(16)13(9)19;1-3-21-15(20)10-7-16-8-13-17(9(2)4-5-22-13)14(19)11(16)6-12(10)18/h6,8,10H,3-5,7H2,1-2H3;6-7,9,13H,3-5,8H2,1-2H3/t8-,10+;9-,13+/m11/s1. The fourth-order valence-corrected chi connectivity index (χ4v) is 6.20. The largest absolute Gasteiger partial charge is 0.462 e. The van der Waals surface area contributed by atoms with Crippen LogP contribution in [0.25, 0.3) is 0 Å². The molecule has 6 rings (SSSR count). The van der Waals surface area contributed by atoms with Crippen LogP contribution in [-0.2, 0) is 32.0 Å². The van der Waals surface area contributed by atoms with Gasteiger partial charge in [-0.15, -0.1) is 0 Å². The van der Waals surface area contributed by atoms with Gasteiger partial charge in [0.05, 0.1) is 39.5 Å². The number of pyridine rings is 2. The lowest BCUT2D eigenvalue weighted by Crippen LogP contribution is -2.57. The molecule has 4 aliphatic heterocycles. The Morgan fingerprint density at radius 3 is 1.91 bits per heavy atom. The number of ether oxygens (including phenoxy) is 4. The Hall–Kier alpha value is -4.01. The van der Waals surface area contributed by atoms with Gasteiger partial charge in [-0.3, -0.25) is 19.2 Å². The summed E-state index contributed by atoms with van der Waals surface area (Å²) in [5, 5.41) is -0.253. The smallest absolute Gasteiger partial charge is 0.343 e. The maximum Gasteiger partial charge on any atom is 0.343 e. The SMILES string of the molecule is CCOC(=O)c1cn2c(c(Cl)c1=O)C(=O)N1[C@H](C)CCO[C@H]1C2.CCOC(=O)c1cn2c(cc1=O)C(=O)N1[C@H](C)CCO[C@H]1C2. The molecule has 0 spiro atoms. The molecule has 2 fully saturated rings. The molecule has 45 heavy (non-hydrogen) atoms. The van der Waals surface area contributed by atoms with Gasteiger partial charge in [0, 0.05) is 30.5 Å². The first-order chi connectivity index (χ1) is 21.5. The van der Waals surface area contributed by atoms with Gasteiger partial charge < -0.3 is 37.9 Å². The van der Waals surface area contributed by atoms with Crippen molar-refractivity contribution >= 4 is 35.4 Å². The summed E-state index contributed by atoms with van der Waals surface area (Å²) in [6, 6.07) is 1.29. The summed E-state index contributed by atoms with van der Waals surface area (Å²) >= 11 is 6.10. The Morgan fingerprint density at radius 1 is 0.822 bits per heavy atom. The van der Waals surface area contributed by atoms with Crippen LogP contribution in [0, 0.1) is 0 Å². The van der Waals surface area contributed by atoms with E-state index in [0.29, 0.717) is 26.3 Å². The average molecular weight is 647 g/mol. The van der Waals surface area contributed by atoms with Gasteiger partial charge in [-0.05, 0) is 40.5 Å². The highest BCUT2D eigenvalue weighted by Gasteiger charge is 2.41. The zero-order chi connectivity index (χ0) is 32.6. The zero-order valence-corrected chi connectivity index (χ0v) is 26.2. The van der Waals surface area contributed by atoms with Gasteiger partial charge in [-0.1, -0.05) is 11.6 Å². The van der Waals surface area contributed by atoms with Crippen molar-refractivity contribution in [2.24, 2.45) is 0 Å². The highest BCUT2D eigenvalue weighted by molar-refractivity contribution is 6.33. The topological polar surface area (TPSA) is 156 Å². The van der Waals surface area contributed by atoms with E-state index in [4.69, 9.17) is 30.5 Å². The molecule has 4 aliphatic rings. The molecule has 15 heteroatoms. The van der Waals surface area contributed by atoms with Crippen LogP contribution in [0.5, 0.6) is 0 Å². The maximum absolute atomic E-state index is 12.7. The number of rotatable bonds is 4. The van der Waals surface area contributed by atoms with Gasteiger partial charge in [0.15, 0.2) is 17.9 Å². The second kappa shape index (κ2) is 13.2. The molecule has 2 saturated heterocycles. The normalized spacial score (nSPS) is 23.5. The highest BCUT2D eigenvalue weighted by atomic mass is 35.5. The summed E-state index contributed by atoms with van der Waals surface area (Å²) in [4.78, 5) is 76.7. The lowest BCUT2D eigenvalue weighted by molar-refractivity contribution is -0.112. The first kappa shape index (κ1) is 32.4. The molecular weight excluding hydrogens is 612 g/mol. The van der Waals surface area contributed by atoms with E-state index in [1.54, 1.807) is 28.2 Å². The van der Waals surface area contributed by atoms with Crippen LogP contribution in [0.1, 0.15) is 82.2 Å². The zero-order valence-electron chi connectivity index (χ0n) is 25.4. The molecule has 2 aromatic rings. The summed E-state index contributed by atoms with van der Waals surface area (Å²) in [5.41, 5.74) is -1.04. The minimum Gasteiger partial charge on any atom is -0.462 e. The molecule has 0 saturated carbocycles. The predicted molar refractivity (Wildman–Crippen MR) is 158 cm³/mol. The number of hydrogen-bond acceptors (Lipinski definition) is 10. The van der Waals surface area contributed by atoms with Gasteiger partial charge in [0.2, 0.25) is 5.43 Å². The number of carbonyl (C=O) groups is 4. The van der Waals surface area contributed by atoms with E-state index in [2.05, 4.69) is 0 Å². The summed E-state index contributed by atoms with van der Waals surface area (Å²) in [6.45, 7) is 9.43. The van der Waals surface area contributed by atoms with Gasteiger partial charge in [0.1, 0.15) is 27.5 Å². The molecule has 14 nitrogen and oxygen atoms in total. The second-order valence-corrected chi connectivity index (χ2v) is 11.4. The third kappa shape index (κ3) is 6.01. The van der Waals surface area contributed by atoms with Crippen LogP contribution in [0.4, 0.5) is 0 Å². The molecule has 0 aromatic carbocycles. The van der Waals surface area contributed by atoms with Crippen LogP contribution in [0.3, 0.4) is 0 Å². The third-order valence-corrected chi connectivity index (χ3v) is 8.55. The van der Waals surface area contributed by atoms with Crippen molar-refractivity contribution in [2.75, 3.05) is 26.4 Å². The number of nitrogens with zero attached hydrogens (tertiary/aromatic N) is 4. The maximum atomic E-state index is 12.7. The molecule has 0 radical (unpaired) electrons. The molecule has 0 aliphatic carbocycles. The number of esters is 2. The minimum atomic E-state index is -0.748. The lowest BCUT2D eigenvalue weighted by atomic mass is 10.1. The predicted octanol–water partition coefficient (Wildman–Crippen LogP) is 1.88. The number of amides is 2. The van der Waals surface area contributed by atoms with Gasteiger partial charge in [-0.25, -0.2) is 9.59 Å². The number of carbonyl (C=O) groups excluding carboxylic acids is 4. The first-order valence-corrected chi connectivity index (χ1v) is 15.3. The van der Waals surface area contributed by atoms with Gasteiger partial charge >= 0.3 is 11.9 Å². The Morgan fingerprint density at radius 2 is 1.33 bits per heavy atom. The molecule has 0 unspecified atom stereocenters. The monoisotopic (exact) mass is 646 g/mol. The van der Waals surface area contributed by atoms with E-state index in [9.17, 15) is 28.8 Å². The number of halogens is 1.